The summed E-state index contributed by atoms with van der Waals surface area (Å²) in [6.45, 7) is 2.09. The Hall–Kier alpha value is -3.68. The number of fused-ring (bicyclic) bond motifs is 3. The molecule has 0 saturated carbocycles. The number of ether oxygens (including phenoxy) is 1. The van der Waals surface area contributed by atoms with Gasteiger partial charge in [0.15, 0.2) is 0 Å². The molecule has 1 saturated heterocycles. The van der Waals surface area contributed by atoms with Crippen molar-refractivity contribution in [1.29, 1.82) is 0 Å². The first kappa shape index (κ1) is 20.2. The number of carbonyl (C=O) groups is 2. The van der Waals surface area contributed by atoms with Crippen LogP contribution in [0.3, 0.4) is 0 Å². The Kier molecular flexibility index (Phi) is 5.13. The Morgan fingerprint density at radius 3 is 2.84 bits per heavy atom. The van der Waals surface area contributed by atoms with Gasteiger partial charge in [-0.05, 0) is 61.2 Å². The summed E-state index contributed by atoms with van der Waals surface area (Å²) >= 11 is 0. The maximum atomic E-state index is 13.4. The van der Waals surface area contributed by atoms with Gasteiger partial charge in [-0.15, -0.1) is 0 Å². The molecule has 1 fully saturated rings. The summed E-state index contributed by atoms with van der Waals surface area (Å²) in [5.41, 5.74) is 6.66. The molecule has 2 aliphatic rings. The van der Waals surface area contributed by atoms with Gasteiger partial charge in [0.2, 0.25) is 5.91 Å². The van der Waals surface area contributed by atoms with E-state index >= 15 is 0 Å². The molecule has 2 N–H and O–H groups in total. The normalized spacial score (nSPS) is 17.4. The number of amides is 2. The Labute approximate surface area is 184 Å². The lowest BCUT2D eigenvalue weighted by atomic mass is 9.99. The highest BCUT2D eigenvalue weighted by atomic mass is 19.1. The molecule has 1 aliphatic carbocycles. The van der Waals surface area contributed by atoms with Crippen LogP contribution in [0.4, 0.5) is 14.9 Å². The van der Waals surface area contributed by atoms with E-state index in [1.807, 2.05) is 18.2 Å². The van der Waals surface area contributed by atoms with E-state index in [0.29, 0.717) is 6.54 Å². The third-order valence-corrected chi connectivity index (χ3v) is 5.98. The molecule has 5 rings (SSSR count). The molecule has 0 spiro atoms. The van der Waals surface area contributed by atoms with Gasteiger partial charge < -0.3 is 10.1 Å². The van der Waals surface area contributed by atoms with Crippen molar-refractivity contribution in [2.45, 2.75) is 32.3 Å². The minimum atomic E-state index is -0.425. The first-order valence-corrected chi connectivity index (χ1v) is 10.7. The first-order valence-electron chi connectivity index (χ1n) is 10.7. The summed E-state index contributed by atoms with van der Waals surface area (Å²) in [7, 11) is 0. The standard InChI is InChI=1S/C24H23FN4O3/c1-14(30)26-12-19-13-29(24(31)32-19)18-10-7-15-3-2-4-20-22(16-5-8-17(25)9-6-16)27-28-23(20)21(15)11-18/h5-11,19H,2-4,12-13H2,1H3,(H,26,30)(H,27,28)/t19-/m0/s1. The van der Waals surface area contributed by atoms with Gasteiger partial charge in [-0.1, -0.05) is 6.07 Å². The van der Waals surface area contributed by atoms with Gasteiger partial charge in [0.1, 0.15) is 11.9 Å². The van der Waals surface area contributed by atoms with Crippen LogP contribution < -0.4 is 10.2 Å². The number of benzene rings is 2. The molecule has 8 heteroatoms. The molecular formula is C24H23FN4O3. The highest BCUT2D eigenvalue weighted by Gasteiger charge is 2.33. The number of nitrogens with zero attached hydrogens (tertiary/aromatic N) is 2. The lowest BCUT2D eigenvalue weighted by molar-refractivity contribution is -0.119. The van der Waals surface area contributed by atoms with E-state index in [9.17, 15) is 14.0 Å². The average Bonchev–Trinajstić information content (AvgIpc) is 3.31. The van der Waals surface area contributed by atoms with E-state index in [2.05, 4.69) is 15.5 Å². The molecule has 2 heterocycles. The molecule has 0 unspecified atom stereocenters. The van der Waals surface area contributed by atoms with Crippen molar-refractivity contribution in [3.63, 3.8) is 0 Å². The Morgan fingerprint density at radius 2 is 2.06 bits per heavy atom. The fourth-order valence-electron chi connectivity index (χ4n) is 4.41. The molecular weight excluding hydrogens is 411 g/mol. The Bertz CT molecular complexity index is 1190. The zero-order valence-corrected chi connectivity index (χ0v) is 17.7. The summed E-state index contributed by atoms with van der Waals surface area (Å²) in [6.07, 6.45) is 1.92. The molecule has 164 valence electrons. The van der Waals surface area contributed by atoms with Gasteiger partial charge in [0, 0.05) is 29.3 Å². The van der Waals surface area contributed by atoms with Gasteiger partial charge in [0.05, 0.1) is 24.5 Å². The van der Waals surface area contributed by atoms with Crippen LogP contribution in [0.15, 0.2) is 42.5 Å². The number of anilines is 1. The molecule has 1 aliphatic heterocycles. The summed E-state index contributed by atoms with van der Waals surface area (Å²) in [5.74, 6) is -0.437. The number of H-pyrrole nitrogens is 1. The van der Waals surface area contributed by atoms with Crippen LogP contribution >= 0.6 is 0 Å². The number of carbonyl (C=O) groups excluding carboxylic acids is 2. The molecule has 2 amide bonds. The van der Waals surface area contributed by atoms with E-state index in [1.54, 1.807) is 17.0 Å². The minimum absolute atomic E-state index is 0.159. The Balaban J connectivity index is 1.48. The number of rotatable bonds is 4. The quantitative estimate of drug-likeness (QED) is 0.653. The van der Waals surface area contributed by atoms with Crippen LogP contribution in [0.25, 0.3) is 22.5 Å². The van der Waals surface area contributed by atoms with Crippen LogP contribution in [-0.2, 0) is 22.4 Å². The van der Waals surface area contributed by atoms with Crippen molar-refractivity contribution in [2.75, 3.05) is 18.0 Å². The number of halogens is 1. The number of hydrogen-bond acceptors (Lipinski definition) is 4. The van der Waals surface area contributed by atoms with Crippen molar-refractivity contribution in [2.24, 2.45) is 0 Å². The minimum Gasteiger partial charge on any atom is -0.442 e. The van der Waals surface area contributed by atoms with Crippen molar-refractivity contribution >= 4 is 17.7 Å². The molecule has 1 atom stereocenters. The molecule has 1 aromatic heterocycles. The summed E-state index contributed by atoms with van der Waals surface area (Å²) in [5, 5.41) is 10.4. The maximum Gasteiger partial charge on any atom is 0.414 e. The number of hydrogen-bond donors (Lipinski definition) is 2. The monoisotopic (exact) mass is 434 g/mol. The number of nitrogens with one attached hydrogen (secondary N) is 2. The summed E-state index contributed by atoms with van der Waals surface area (Å²) < 4.78 is 18.8. The maximum absolute atomic E-state index is 13.4. The predicted molar refractivity (Wildman–Crippen MR) is 118 cm³/mol. The largest absolute Gasteiger partial charge is 0.442 e. The SMILES string of the molecule is CC(=O)NC[C@H]1CN(c2ccc3c(c2)-c2[nH]nc(-c4ccc(F)cc4)c2CCC3)C(=O)O1. The molecule has 0 bridgehead atoms. The smallest absolute Gasteiger partial charge is 0.414 e. The van der Waals surface area contributed by atoms with Crippen LogP contribution in [0.2, 0.25) is 0 Å². The van der Waals surface area contributed by atoms with Crippen molar-refractivity contribution < 1.29 is 18.7 Å². The third-order valence-electron chi connectivity index (χ3n) is 5.98. The fourth-order valence-corrected chi connectivity index (χ4v) is 4.41. The van der Waals surface area contributed by atoms with E-state index in [1.165, 1.54) is 24.6 Å². The van der Waals surface area contributed by atoms with Crippen molar-refractivity contribution in [3.05, 3.63) is 59.4 Å². The third kappa shape index (κ3) is 3.72. The van der Waals surface area contributed by atoms with E-state index in [0.717, 1.165) is 53.0 Å². The van der Waals surface area contributed by atoms with Crippen LogP contribution in [-0.4, -0.2) is 41.4 Å². The van der Waals surface area contributed by atoms with E-state index < -0.39 is 12.2 Å². The lowest BCUT2D eigenvalue weighted by Crippen LogP contribution is -2.33. The van der Waals surface area contributed by atoms with Crippen LogP contribution in [0.5, 0.6) is 0 Å². The number of aromatic amines is 1. The second-order valence-corrected chi connectivity index (χ2v) is 8.18. The molecule has 2 aromatic carbocycles. The summed E-state index contributed by atoms with van der Waals surface area (Å²) in [6, 6.07) is 12.3. The topological polar surface area (TPSA) is 87.3 Å². The van der Waals surface area contributed by atoms with Crippen molar-refractivity contribution in [1.82, 2.24) is 15.5 Å². The van der Waals surface area contributed by atoms with Gasteiger partial charge in [-0.2, -0.15) is 5.10 Å². The van der Waals surface area contributed by atoms with Crippen molar-refractivity contribution in [3.8, 4) is 22.5 Å². The second kappa shape index (κ2) is 8.11. The van der Waals surface area contributed by atoms with E-state index in [-0.39, 0.29) is 18.3 Å². The number of aryl methyl sites for hydroxylation is 1. The van der Waals surface area contributed by atoms with Gasteiger partial charge >= 0.3 is 6.09 Å². The summed E-state index contributed by atoms with van der Waals surface area (Å²) in [4.78, 5) is 25.2. The molecule has 0 radical (unpaired) electrons. The lowest BCUT2D eigenvalue weighted by Gasteiger charge is -2.16. The van der Waals surface area contributed by atoms with Crippen LogP contribution in [0.1, 0.15) is 24.5 Å². The molecule has 32 heavy (non-hydrogen) atoms. The number of cyclic esters (lactones) is 1. The molecule has 3 aromatic rings. The van der Waals surface area contributed by atoms with Gasteiger partial charge in [-0.25, -0.2) is 9.18 Å². The Morgan fingerprint density at radius 1 is 1.25 bits per heavy atom. The zero-order chi connectivity index (χ0) is 22.2. The second-order valence-electron chi connectivity index (χ2n) is 8.18. The zero-order valence-electron chi connectivity index (χ0n) is 17.7. The first-order chi connectivity index (χ1) is 15.5. The predicted octanol–water partition coefficient (Wildman–Crippen LogP) is 3.83. The van der Waals surface area contributed by atoms with E-state index in [4.69, 9.17) is 4.74 Å². The highest BCUT2D eigenvalue weighted by Crippen LogP contribution is 2.38. The average molecular weight is 434 g/mol. The molecule has 7 nitrogen and oxygen atoms in total. The number of aromatic nitrogens is 2. The van der Waals surface area contributed by atoms with Gasteiger partial charge in [-0.3, -0.25) is 14.8 Å². The van der Waals surface area contributed by atoms with Gasteiger partial charge in [0.25, 0.3) is 0 Å². The van der Waals surface area contributed by atoms with Crippen LogP contribution in [0, 0.1) is 5.82 Å². The highest BCUT2D eigenvalue weighted by molar-refractivity contribution is 5.91. The fraction of sp³-hybridized carbons (Fsp3) is 0.292.